The summed E-state index contributed by atoms with van der Waals surface area (Å²) in [5.41, 5.74) is 0.690. The summed E-state index contributed by atoms with van der Waals surface area (Å²) >= 11 is 0. The highest BCUT2D eigenvalue weighted by molar-refractivity contribution is 6.06. The minimum absolute atomic E-state index is 0.0113. The first kappa shape index (κ1) is 22.1. The molecule has 0 radical (unpaired) electrons. The fourth-order valence-electron chi connectivity index (χ4n) is 3.51. The molecule has 0 spiro atoms. The average Bonchev–Trinajstić information content (AvgIpc) is 2.72. The van der Waals surface area contributed by atoms with Crippen LogP contribution in [0.3, 0.4) is 0 Å². The zero-order chi connectivity index (χ0) is 22.9. The van der Waals surface area contributed by atoms with Crippen LogP contribution in [0.2, 0.25) is 0 Å². The number of halogens is 3. The van der Waals surface area contributed by atoms with Crippen LogP contribution in [0.15, 0.2) is 59.8 Å². The van der Waals surface area contributed by atoms with Crippen LogP contribution >= 0.6 is 0 Å². The molecule has 0 saturated carbocycles. The van der Waals surface area contributed by atoms with Crippen molar-refractivity contribution in [3.8, 4) is 6.07 Å². The van der Waals surface area contributed by atoms with E-state index in [1.165, 1.54) is 12.1 Å². The number of anilines is 1. The molecule has 0 aliphatic carbocycles. The summed E-state index contributed by atoms with van der Waals surface area (Å²) in [6, 6.07) is 11.4. The number of urea groups is 1. The zero-order valence-electron chi connectivity index (χ0n) is 17.1. The van der Waals surface area contributed by atoms with Gasteiger partial charge in [-0.05, 0) is 42.8 Å². The number of hydrogen-bond acceptors (Lipinski definition) is 3. The maximum Gasteiger partial charge on any atom is 0.416 e. The van der Waals surface area contributed by atoms with Gasteiger partial charge in [-0.1, -0.05) is 32.0 Å². The first-order valence-corrected chi connectivity index (χ1v) is 9.57. The third kappa shape index (κ3) is 4.31. The summed E-state index contributed by atoms with van der Waals surface area (Å²) in [6.45, 7) is 4.97. The monoisotopic (exact) mass is 427 g/mol. The van der Waals surface area contributed by atoms with Gasteiger partial charge in [-0.25, -0.2) is 4.79 Å². The van der Waals surface area contributed by atoms with Gasteiger partial charge < -0.3 is 5.32 Å². The average molecular weight is 427 g/mol. The van der Waals surface area contributed by atoms with Gasteiger partial charge in [0.2, 0.25) is 0 Å². The molecule has 1 N–H and O–H groups in total. The van der Waals surface area contributed by atoms with Crippen LogP contribution in [0.4, 0.5) is 23.7 Å². The van der Waals surface area contributed by atoms with E-state index in [1.54, 1.807) is 45.0 Å². The van der Waals surface area contributed by atoms with Crippen LogP contribution in [-0.4, -0.2) is 11.8 Å². The molecule has 8 heteroatoms. The van der Waals surface area contributed by atoms with Crippen LogP contribution in [0.25, 0.3) is 0 Å². The number of amides is 2. The number of nitrogens with one attached hydrogen (secondary N) is 1. The summed E-state index contributed by atoms with van der Waals surface area (Å²) in [7, 11) is 0. The van der Waals surface area contributed by atoms with Crippen molar-refractivity contribution in [2.45, 2.75) is 33.0 Å². The number of ketones is 1. The molecular formula is C23H20F3N3O2. The number of hydrogen-bond donors (Lipinski definition) is 1. The predicted molar refractivity (Wildman–Crippen MR) is 109 cm³/mol. The Hall–Kier alpha value is -3.60. The van der Waals surface area contributed by atoms with Gasteiger partial charge >= 0.3 is 12.2 Å². The van der Waals surface area contributed by atoms with Crippen molar-refractivity contribution in [3.05, 3.63) is 76.5 Å². The molecular weight excluding hydrogens is 407 g/mol. The molecule has 3 rings (SSSR count). The van der Waals surface area contributed by atoms with E-state index >= 15 is 0 Å². The van der Waals surface area contributed by atoms with E-state index in [0.29, 0.717) is 11.1 Å². The van der Waals surface area contributed by atoms with Gasteiger partial charge in [0.1, 0.15) is 0 Å². The normalized spacial score (nSPS) is 16.9. The van der Waals surface area contributed by atoms with Crippen molar-refractivity contribution in [2.24, 2.45) is 5.92 Å². The quantitative estimate of drug-likeness (QED) is 0.715. The molecule has 2 amide bonds. The van der Waals surface area contributed by atoms with Crippen molar-refractivity contribution in [2.75, 3.05) is 4.90 Å². The van der Waals surface area contributed by atoms with Gasteiger partial charge in [-0.2, -0.15) is 18.4 Å². The molecule has 1 aliphatic rings. The van der Waals surface area contributed by atoms with Crippen LogP contribution in [0.1, 0.15) is 43.5 Å². The molecule has 1 atom stereocenters. The molecule has 0 fully saturated rings. The standard InChI is InChI=1S/C23H20F3N3O2/c1-13(2)21(30)19-14(3)29(18-6-4-5-17(11-18)23(24,25)26)22(31)28-20(19)16-9-7-15(12-27)8-10-16/h4-11,13,20H,1-3H3,(H,28,31). The molecule has 5 nitrogen and oxygen atoms in total. The van der Waals surface area contributed by atoms with E-state index in [4.69, 9.17) is 5.26 Å². The molecule has 0 bridgehead atoms. The van der Waals surface area contributed by atoms with Crippen LogP contribution in [0, 0.1) is 17.2 Å². The molecule has 160 valence electrons. The van der Waals surface area contributed by atoms with Gasteiger partial charge in [0, 0.05) is 17.2 Å². The van der Waals surface area contributed by atoms with Crippen molar-refractivity contribution < 1.29 is 22.8 Å². The van der Waals surface area contributed by atoms with Crippen molar-refractivity contribution in [1.82, 2.24) is 5.32 Å². The van der Waals surface area contributed by atoms with E-state index in [2.05, 4.69) is 5.32 Å². The van der Waals surface area contributed by atoms with E-state index in [1.807, 2.05) is 6.07 Å². The molecule has 2 aromatic carbocycles. The second-order valence-corrected chi connectivity index (χ2v) is 7.52. The Morgan fingerprint density at radius 1 is 1.16 bits per heavy atom. The predicted octanol–water partition coefficient (Wildman–Crippen LogP) is 5.35. The molecule has 1 unspecified atom stereocenters. The van der Waals surface area contributed by atoms with Gasteiger partial charge in [-0.3, -0.25) is 9.69 Å². The van der Waals surface area contributed by atoms with E-state index < -0.39 is 29.7 Å². The summed E-state index contributed by atoms with van der Waals surface area (Å²) in [5.74, 6) is -0.631. The highest BCUT2D eigenvalue weighted by Crippen LogP contribution is 2.37. The minimum atomic E-state index is -4.57. The Kier molecular flexibility index (Phi) is 5.89. The number of nitrogens with zero attached hydrogens (tertiary/aromatic N) is 2. The Labute approximate surface area is 177 Å². The van der Waals surface area contributed by atoms with Crippen molar-refractivity contribution >= 4 is 17.5 Å². The zero-order valence-corrected chi connectivity index (χ0v) is 17.1. The highest BCUT2D eigenvalue weighted by atomic mass is 19.4. The molecule has 0 saturated heterocycles. The van der Waals surface area contributed by atoms with E-state index in [0.717, 1.165) is 17.0 Å². The third-order valence-electron chi connectivity index (χ3n) is 5.08. The number of carbonyl (C=O) groups is 2. The topological polar surface area (TPSA) is 73.2 Å². The van der Waals surface area contributed by atoms with Crippen molar-refractivity contribution in [1.29, 1.82) is 5.26 Å². The maximum atomic E-state index is 13.2. The van der Waals surface area contributed by atoms with E-state index in [-0.39, 0.29) is 22.7 Å². The largest absolute Gasteiger partial charge is 0.416 e. The fraction of sp³-hybridized carbons (Fsp3) is 0.261. The first-order valence-electron chi connectivity index (χ1n) is 9.57. The van der Waals surface area contributed by atoms with Crippen molar-refractivity contribution in [3.63, 3.8) is 0 Å². The lowest BCUT2D eigenvalue weighted by molar-refractivity contribution is -0.137. The fourth-order valence-corrected chi connectivity index (χ4v) is 3.51. The Morgan fingerprint density at radius 2 is 1.81 bits per heavy atom. The first-order chi connectivity index (χ1) is 14.5. The third-order valence-corrected chi connectivity index (χ3v) is 5.08. The van der Waals surface area contributed by atoms with Gasteiger partial charge in [0.25, 0.3) is 0 Å². The summed E-state index contributed by atoms with van der Waals surface area (Å²) in [4.78, 5) is 27.1. The summed E-state index contributed by atoms with van der Waals surface area (Å²) in [6.07, 6.45) is -4.57. The molecule has 0 aromatic heterocycles. The number of carbonyl (C=O) groups excluding carboxylic acids is 2. The maximum absolute atomic E-state index is 13.2. The molecule has 1 aliphatic heterocycles. The summed E-state index contributed by atoms with van der Waals surface area (Å²) < 4.78 is 39.5. The second kappa shape index (κ2) is 8.26. The Bertz CT molecular complexity index is 1100. The van der Waals surface area contributed by atoms with Crippen LogP contribution in [0.5, 0.6) is 0 Å². The van der Waals surface area contributed by atoms with Crippen LogP contribution < -0.4 is 10.2 Å². The Morgan fingerprint density at radius 3 is 2.35 bits per heavy atom. The Balaban J connectivity index is 2.15. The van der Waals surface area contributed by atoms with Gasteiger partial charge in [0.05, 0.1) is 28.9 Å². The minimum Gasteiger partial charge on any atom is -0.326 e. The lowest BCUT2D eigenvalue weighted by Crippen LogP contribution is -2.48. The lowest BCUT2D eigenvalue weighted by atomic mass is 9.87. The van der Waals surface area contributed by atoms with E-state index in [9.17, 15) is 22.8 Å². The number of Topliss-reactive ketones (excluding diaryl/α,β-unsaturated/α-hetero) is 1. The molecule has 31 heavy (non-hydrogen) atoms. The number of nitriles is 1. The number of allylic oxidation sites excluding steroid dienone is 1. The smallest absolute Gasteiger partial charge is 0.326 e. The number of alkyl halides is 3. The second-order valence-electron chi connectivity index (χ2n) is 7.52. The SMILES string of the molecule is CC1=C(C(=O)C(C)C)C(c2ccc(C#N)cc2)NC(=O)N1c1cccc(C(F)(F)F)c1. The number of benzene rings is 2. The molecule has 2 aromatic rings. The molecule has 1 heterocycles. The summed E-state index contributed by atoms with van der Waals surface area (Å²) in [5, 5.41) is 11.7. The number of rotatable bonds is 4. The van der Waals surface area contributed by atoms with Gasteiger partial charge in [0.15, 0.2) is 5.78 Å². The lowest BCUT2D eigenvalue weighted by Gasteiger charge is -2.36. The highest BCUT2D eigenvalue weighted by Gasteiger charge is 2.38. The van der Waals surface area contributed by atoms with Gasteiger partial charge in [-0.15, -0.1) is 0 Å². The van der Waals surface area contributed by atoms with Crippen LogP contribution in [-0.2, 0) is 11.0 Å².